The van der Waals surface area contributed by atoms with Gasteiger partial charge in [-0.2, -0.15) is 0 Å². The Hall–Kier alpha value is -1.50. The van der Waals surface area contributed by atoms with Crippen LogP contribution in [0.3, 0.4) is 0 Å². The zero-order chi connectivity index (χ0) is 12.4. The van der Waals surface area contributed by atoms with Gasteiger partial charge in [0.2, 0.25) is 0 Å². The van der Waals surface area contributed by atoms with Gasteiger partial charge in [-0.15, -0.1) is 10.2 Å². The summed E-state index contributed by atoms with van der Waals surface area (Å²) >= 11 is 3.00. The van der Waals surface area contributed by atoms with E-state index >= 15 is 0 Å². The summed E-state index contributed by atoms with van der Waals surface area (Å²) in [5.41, 5.74) is 0.210. The first kappa shape index (κ1) is 12.0. The van der Waals surface area contributed by atoms with E-state index in [9.17, 15) is 8.78 Å². The van der Waals surface area contributed by atoms with Crippen LogP contribution in [-0.2, 0) is 13.6 Å². The molecule has 17 heavy (non-hydrogen) atoms. The lowest BCUT2D eigenvalue weighted by molar-refractivity contribution is 0.580. The van der Waals surface area contributed by atoms with Gasteiger partial charge in [0, 0.05) is 13.1 Å². The molecule has 1 aromatic heterocycles. The molecule has 0 saturated heterocycles. The molecule has 0 radical (unpaired) electrons. The number of halogens is 3. The minimum atomic E-state index is -0.645. The third kappa shape index (κ3) is 2.60. The van der Waals surface area contributed by atoms with Gasteiger partial charge in [0.25, 0.3) is 0 Å². The quantitative estimate of drug-likeness (QED) is 0.886. The number of nitrogens with zero attached hydrogens (tertiary/aromatic N) is 3. The average molecular weight is 303 g/mol. The van der Waals surface area contributed by atoms with E-state index in [0.29, 0.717) is 12.4 Å². The summed E-state index contributed by atoms with van der Waals surface area (Å²) in [5, 5.41) is 10.4. The summed E-state index contributed by atoms with van der Waals surface area (Å²) in [7, 11) is 1.79. The Morgan fingerprint density at radius 3 is 2.76 bits per heavy atom. The summed E-state index contributed by atoms with van der Waals surface area (Å²) in [6, 6.07) is 2.17. The van der Waals surface area contributed by atoms with Gasteiger partial charge >= 0.3 is 0 Å². The van der Waals surface area contributed by atoms with Crippen molar-refractivity contribution in [3.05, 3.63) is 40.4 Å². The van der Waals surface area contributed by atoms with Gasteiger partial charge in [-0.1, -0.05) is 0 Å². The lowest BCUT2D eigenvalue weighted by Crippen LogP contribution is -2.07. The van der Waals surface area contributed by atoms with Crippen molar-refractivity contribution in [1.82, 2.24) is 14.8 Å². The van der Waals surface area contributed by atoms with E-state index in [1.807, 2.05) is 0 Å². The van der Waals surface area contributed by atoms with Gasteiger partial charge in [0.15, 0.2) is 5.82 Å². The molecule has 4 nitrogen and oxygen atoms in total. The van der Waals surface area contributed by atoms with E-state index < -0.39 is 11.6 Å². The average Bonchev–Trinajstić information content (AvgIpc) is 2.68. The molecule has 1 N–H and O–H groups in total. The molecule has 90 valence electrons. The first-order valence-electron chi connectivity index (χ1n) is 4.79. The van der Waals surface area contributed by atoms with E-state index in [1.54, 1.807) is 17.9 Å². The second-order valence-corrected chi connectivity index (χ2v) is 4.31. The number of rotatable bonds is 3. The summed E-state index contributed by atoms with van der Waals surface area (Å²) in [6.45, 7) is 0.311. The fourth-order valence-corrected chi connectivity index (χ4v) is 1.64. The first-order chi connectivity index (χ1) is 8.08. The summed E-state index contributed by atoms with van der Waals surface area (Å²) in [6.07, 6.45) is 1.55. The predicted octanol–water partition coefficient (Wildman–Crippen LogP) is 2.47. The summed E-state index contributed by atoms with van der Waals surface area (Å²) < 4.78 is 28.3. The third-order valence-corrected chi connectivity index (χ3v) is 2.86. The molecular weight excluding hydrogens is 294 g/mol. The van der Waals surface area contributed by atoms with Crippen LogP contribution >= 0.6 is 15.9 Å². The number of benzene rings is 1. The lowest BCUT2D eigenvalue weighted by atomic mass is 10.3. The van der Waals surface area contributed by atoms with Crippen LogP contribution in [0.5, 0.6) is 0 Å². The summed E-state index contributed by atoms with van der Waals surface area (Å²) in [5.74, 6) is -0.621. The number of anilines is 1. The van der Waals surface area contributed by atoms with Crippen molar-refractivity contribution >= 4 is 21.6 Å². The van der Waals surface area contributed by atoms with Crippen molar-refractivity contribution in [1.29, 1.82) is 0 Å². The lowest BCUT2D eigenvalue weighted by Gasteiger charge is -2.08. The highest BCUT2D eigenvalue weighted by Crippen LogP contribution is 2.23. The fourth-order valence-electron chi connectivity index (χ4n) is 1.30. The number of aryl methyl sites for hydroxylation is 1. The van der Waals surface area contributed by atoms with Crippen LogP contribution in [0.25, 0.3) is 0 Å². The second-order valence-electron chi connectivity index (χ2n) is 3.46. The molecule has 7 heteroatoms. The minimum absolute atomic E-state index is 0.208. The molecule has 0 bridgehead atoms. The van der Waals surface area contributed by atoms with Crippen LogP contribution in [0.1, 0.15) is 5.82 Å². The zero-order valence-electron chi connectivity index (χ0n) is 8.91. The maximum atomic E-state index is 13.4. The maximum Gasteiger partial charge on any atom is 0.151 e. The van der Waals surface area contributed by atoms with E-state index in [2.05, 4.69) is 31.4 Å². The largest absolute Gasteiger partial charge is 0.375 e. The van der Waals surface area contributed by atoms with Crippen LogP contribution in [0, 0.1) is 11.6 Å². The van der Waals surface area contributed by atoms with Gasteiger partial charge in [0.05, 0.1) is 16.7 Å². The number of hydrogen-bond acceptors (Lipinski definition) is 3. The topological polar surface area (TPSA) is 42.7 Å². The fraction of sp³-hybridized carbons (Fsp3) is 0.200. The van der Waals surface area contributed by atoms with E-state index in [1.165, 1.54) is 6.07 Å². The van der Waals surface area contributed by atoms with E-state index in [0.717, 1.165) is 6.07 Å². The molecule has 1 heterocycles. The molecule has 2 rings (SSSR count). The second kappa shape index (κ2) is 4.79. The molecule has 0 fully saturated rings. The van der Waals surface area contributed by atoms with Crippen molar-refractivity contribution in [3.63, 3.8) is 0 Å². The Labute approximate surface area is 105 Å². The maximum absolute atomic E-state index is 13.4. The van der Waals surface area contributed by atoms with E-state index in [4.69, 9.17) is 0 Å². The van der Waals surface area contributed by atoms with Gasteiger partial charge in [-0.25, -0.2) is 8.78 Å². The number of nitrogens with one attached hydrogen (secondary N) is 1. The predicted molar refractivity (Wildman–Crippen MR) is 62.4 cm³/mol. The Kier molecular flexibility index (Phi) is 3.37. The van der Waals surface area contributed by atoms with Gasteiger partial charge in [-0.05, 0) is 22.0 Å². The monoisotopic (exact) mass is 302 g/mol. The molecule has 0 aliphatic heterocycles. The van der Waals surface area contributed by atoms with Gasteiger partial charge < -0.3 is 9.88 Å². The van der Waals surface area contributed by atoms with Crippen molar-refractivity contribution < 1.29 is 8.78 Å². The molecule has 0 aliphatic carbocycles. The number of aromatic nitrogens is 3. The van der Waals surface area contributed by atoms with Crippen LogP contribution < -0.4 is 5.32 Å². The van der Waals surface area contributed by atoms with E-state index in [-0.39, 0.29) is 10.2 Å². The molecule has 0 saturated carbocycles. The highest BCUT2D eigenvalue weighted by atomic mass is 79.9. The zero-order valence-corrected chi connectivity index (χ0v) is 10.5. The first-order valence-corrected chi connectivity index (χ1v) is 5.58. The Morgan fingerprint density at radius 2 is 2.12 bits per heavy atom. The van der Waals surface area contributed by atoms with Crippen molar-refractivity contribution in [2.24, 2.45) is 7.05 Å². The highest BCUT2D eigenvalue weighted by Gasteiger charge is 2.09. The van der Waals surface area contributed by atoms with Crippen LogP contribution in [-0.4, -0.2) is 14.8 Å². The molecule has 1 aromatic carbocycles. The molecule has 0 atom stereocenters. The highest BCUT2D eigenvalue weighted by molar-refractivity contribution is 9.10. The van der Waals surface area contributed by atoms with Gasteiger partial charge in [-0.3, -0.25) is 0 Å². The van der Waals surface area contributed by atoms with Crippen LogP contribution in [0.2, 0.25) is 0 Å². The van der Waals surface area contributed by atoms with Crippen LogP contribution in [0.4, 0.5) is 14.5 Å². The smallest absolute Gasteiger partial charge is 0.151 e. The molecule has 2 aromatic rings. The van der Waals surface area contributed by atoms with Crippen molar-refractivity contribution in [2.75, 3.05) is 5.32 Å². The Bertz CT molecular complexity index is 541. The van der Waals surface area contributed by atoms with Crippen molar-refractivity contribution in [3.8, 4) is 0 Å². The minimum Gasteiger partial charge on any atom is -0.375 e. The molecule has 0 unspecified atom stereocenters. The molecule has 0 spiro atoms. The summed E-state index contributed by atoms with van der Waals surface area (Å²) in [4.78, 5) is 0. The molecule has 0 amide bonds. The number of hydrogen-bond donors (Lipinski definition) is 1. The Morgan fingerprint density at radius 1 is 1.35 bits per heavy atom. The SMILES string of the molecule is Cn1cnnc1CNc1cc(Br)c(F)cc1F. The normalized spacial score (nSPS) is 10.6. The Balaban J connectivity index is 2.14. The van der Waals surface area contributed by atoms with Crippen LogP contribution in [0.15, 0.2) is 22.9 Å². The van der Waals surface area contributed by atoms with Crippen molar-refractivity contribution in [2.45, 2.75) is 6.54 Å². The third-order valence-electron chi connectivity index (χ3n) is 2.25. The molecule has 0 aliphatic rings. The van der Waals surface area contributed by atoms with Gasteiger partial charge in [0.1, 0.15) is 18.0 Å². The molecular formula is C10H9BrF2N4. The standard InChI is InChI=1S/C10H9BrF2N4/c1-17-5-15-16-10(17)4-14-9-2-6(11)7(12)3-8(9)13/h2-3,5,14H,4H2,1H3.